The van der Waals surface area contributed by atoms with Crippen LogP contribution in [0.3, 0.4) is 0 Å². The molecular formula is C31H31N5. The summed E-state index contributed by atoms with van der Waals surface area (Å²) in [6, 6.07) is 6.01. The van der Waals surface area contributed by atoms with Crippen molar-refractivity contribution in [2.24, 2.45) is 0 Å². The van der Waals surface area contributed by atoms with Crippen molar-refractivity contribution in [1.82, 2.24) is 25.4 Å². The number of H-pyrrole nitrogens is 1. The summed E-state index contributed by atoms with van der Waals surface area (Å²) in [5.74, 6) is 1.16. The van der Waals surface area contributed by atoms with Gasteiger partial charge in [-0.15, -0.1) is 0 Å². The molecule has 36 heavy (non-hydrogen) atoms. The molecule has 0 atom stereocenters. The Kier molecular flexibility index (Phi) is 6.80. The van der Waals surface area contributed by atoms with Crippen molar-refractivity contribution < 1.29 is 0 Å². The molecule has 0 spiro atoms. The minimum absolute atomic E-state index is 0.880. The lowest BCUT2D eigenvalue weighted by Crippen LogP contribution is -2.37. The minimum atomic E-state index is 0.880. The fourth-order valence-corrected chi connectivity index (χ4v) is 4.58. The van der Waals surface area contributed by atoms with Crippen molar-refractivity contribution in [3.63, 3.8) is 0 Å². The summed E-state index contributed by atoms with van der Waals surface area (Å²) in [7, 11) is 0. The molecule has 180 valence electrons. The maximum Gasteiger partial charge on any atom is 0.113 e. The molecule has 2 aromatic heterocycles. The molecule has 4 heterocycles. The number of hydrogen-bond donors (Lipinski definition) is 2. The third kappa shape index (κ3) is 4.86. The Hall–Kier alpha value is -4.38. The van der Waals surface area contributed by atoms with Crippen molar-refractivity contribution in [2.75, 3.05) is 13.1 Å². The van der Waals surface area contributed by atoms with Crippen LogP contribution in [0.15, 0.2) is 126 Å². The molecule has 5 nitrogen and oxygen atoms in total. The largest absolute Gasteiger partial charge is 0.371 e. The summed E-state index contributed by atoms with van der Waals surface area (Å²) in [4.78, 5) is 6.96. The molecule has 0 amide bonds. The fourth-order valence-electron chi connectivity index (χ4n) is 4.58. The molecule has 2 aromatic rings. The van der Waals surface area contributed by atoms with Gasteiger partial charge in [0.2, 0.25) is 0 Å². The zero-order chi connectivity index (χ0) is 24.9. The number of fused-ring (bicyclic) bond motifs is 1. The number of nitrogens with zero attached hydrogens (tertiary/aromatic N) is 3. The molecule has 0 radical (unpaired) electrons. The van der Waals surface area contributed by atoms with Gasteiger partial charge in [0.15, 0.2) is 0 Å². The quantitative estimate of drug-likeness (QED) is 0.546. The van der Waals surface area contributed by atoms with E-state index in [2.05, 4.69) is 106 Å². The molecule has 0 saturated carbocycles. The van der Waals surface area contributed by atoms with Crippen molar-refractivity contribution in [3.05, 3.63) is 137 Å². The minimum Gasteiger partial charge on any atom is -0.371 e. The number of aromatic nitrogens is 3. The van der Waals surface area contributed by atoms with E-state index in [9.17, 15) is 0 Å². The van der Waals surface area contributed by atoms with Gasteiger partial charge < -0.3 is 10.2 Å². The van der Waals surface area contributed by atoms with Crippen LogP contribution >= 0.6 is 0 Å². The summed E-state index contributed by atoms with van der Waals surface area (Å²) in [6.45, 7) is 10.5. The van der Waals surface area contributed by atoms with Crippen LogP contribution in [-0.2, 0) is 0 Å². The first-order valence-electron chi connectivity index (χ1n) is 12.4. The Morgan fingerprint density at radius 2 is 2.03 bits per heavy atom. The monoisotopic (exact) mass is 473 g/mol. The standard InChI is InChI=1S/C31H31N5/c1-4-24(27-13-5-6-18-36-19-9-17-32-31(27)36)20-26-12-8-11-25(16-15-22(26)2)28-21-33-35-30(28)29-14-7-10-23(3)34-29/h4-8,10-16,18,20-21,32H,2,9,17,19H2,1,3H3,(H,33,35)/b12-8+,16-15-,24-4+,25-11-,26-20-. The number of rotatable bonds is 4. The van der Waals surface area contributed by atoms with E-state index in [0.717, 1.165) is 70.3 Å². The summed E-state index contributed by atoms with van der Waals surface area (Å²) in [6.07, 6.45) is 26.4. The van der Waals surface area contributed by atoms with Crippen LogP contribution in [0.4, 0.5) is 0 Å². The molecule has 5 rings (SSSR count). The summed E-state index contributed by atoms with van der Waals surface area (Å²) >= 11 is 0. The van der Waals surface area contributed by atoms with E-state index in [0.29, 0.717) is 0 Å². The lowest BCUT2D eigenvalue weighted by atomic mass is 9.95. The van der Waals surface area contributed by atoms with Gasteiger partial charge in [-0.3, -0.25) is 10.1 Å². The Labute approximate surface area is 213 Å². The van der Waals surface area contributed by atoms with Crippen molar-refractivity contribution in [1.29, 1.82) is 0 Å². The van der Waals surface area contributed by atoms with Crippen LogP contribution in [0, 0.1) is 6.92 Å². The lowest BCUT2D eigenvalue weighted by Gasteiger charge is -2.31. The zero-order valence-corrected chi connectivity index (χ0v) is 20.8. The van der Waals surface area contributed by atoms with E-state index < -0.39 is 0 Å². The highest BCUT2D eigenvalue weighted by atomic mass is 15.3. The van der Waals surface area contributed by atoms with Gasteiger partial charge in [0.25, 0.3) is 0 Å². The van der Waals surface area contributed by atoms with Crippen molar-refractivity contribution in [3.8, 4) is 11.4 Å². The normalized spacial score (nSPS) is 22.3. The van der Waals surface area contributed by atoms with Crippen LogP contribution in [-0.4, -0.2) is 33.2 Å². The van der Waals surface area contributed by atoms with E-state index >= 15 is 0 Å². The van der Waals surface area contributed by atoms with E-state index in [4.69, 9.17) is 0 Å². The number of hydrogen-bond acceptors (Lipinski definition) is 4. The molecule has 2 aliphatic heterocycles. The second kappa shape index (κ2) is 10.5. The lowest BCUT2D eigenvalue weighted by molar-refractivity contribution is 0.366. The first-order chi connectivity index (χ1) is 17.6. The highest BCUT2D eigenvalue weighted by molar-refractivity contribution is 5.84. The van der Waals surface area contributed by atoms with Crippen LogP contribution in [0.1, 0.15) is 24.6 Å². The van der Waals surface area contributed by atoms with Gasteiger partial charge in [-0.05, 0) is 66.8 Å². The molecule has 3 aliphatic rings. The fraction of sp³-hybridized carbons (Fsp3) is 0.161. The van der Waals surface area contributed by atoms with E-state index in [1.54, 1.807) is 0 Å². The Balaban J connectivity index is 1.47. The highest BCUT2D eigenvalue weighted by Crippen LogP contribution is 2.30. The summed E-state index contributed by atoms with van der Waals surface area (Å²) in [5, 5.41) is 11.0. The number of aromatic amines is 1. The second-order valence-electron chi connectivity index (χ2n) is 8.94. The van der Waals surface area contributed by atoms with Gasteiger partial charge in [-0.2, -0.15) is 5.10 Å². The molecule has 0 unspecified atom stereocenters. The van der Waals surface area contributed by atoms with Crippen LogP contribution in [0.5, 0.6) is 0 Å². The maximum atomic E-state index is 4.67. The molecule has 5 heteroatoms. The summed E-state index contributed by atoms with van der Waals surface area (Å²) < 4.78 is 0. The van der Waals surface area contributed by atoms with E-state index in [-0.39, 0.29) is 0 Å². The van der Waals surface area contributed by atoms with Gasteiger partial charge in [0.05, 0.1) is 17.6 Å². The molecule has 0 bridgehead atoms. The third-order valence-corrected chi connectivity index (χ3v) is 6.46. The number of aryl methyl sites for hydroxylation is 1. The SMILES string of the molecule is C=C1\C=C/C(c2cn[nH]c2-c2cccc(C)n2)=C/C=C/C1=C/C(=C\C)C1=C2NCCCN2C=CC=C1. The Morgan fingerprint density at radius 3 is 2.89 bits per heavy atom. The average Bonchev–Trinajstić information content (AvgIpc) is 3.27. The van der Waals surface area contributed by atoms with Gasteiger partial charge in [-0.1, -0.05) is 61.3 Å². The maximum absolute atomic E-state index is 4.67. The molecule has 2 N–H and O–H groups in total. The van der Waals surface area contributed by atoms with Gasteiger partial charge in [0.1, 0.15) is 5.82 Å². The molecule has 0 aromatic carbocycles. The first kappa shape index (κ1) is 23.4. The Morgan fingerprint density at radius 1 is 1.11 bits per heavy atom. The number of nitrogens with one attached hydrogen (secondary N) is 2. The number of pyridine rings is 1. The Bertz CT molecular complexity index is 1420. The van der Waals surface area contributed by atoms with E-state index in [1.807, 2.05) is 31.3 Å². The predicted molar refractivity (Wildman–Crippen MR) is 148 cm³/mol. The van der Waals surface area contributed by atoms with Crippen LogP contribution in [0.2, 0.25) is 0 Å². The molecule has 1 saturated heterocycles. The zero-order valence-electron chi connectivity index (χ0n) is 20.8. The average molecular weight is 474 g/mol. The van der Waals surface area contributed by atoms with Crippen molar-refractivity contribution >= 4 is 5.57 Å². The number of allylic oxidation sites excluding steroid dienone is 15. The van der Waals surface area contributed by atoms with Crippen molar-refractivity contribution in [2.45, 2.75) is 20.3 Å². The van der Waals surface area contributed by atoms with Gasteiger partial charge in [-0.25, -0.2) is 0 Å². The summed E-state index contributed by atoms with van der Waals surface area (Å²) in [5.41, 5.74) is 9.19. The van der Waals surface area contributed by atoms with Gasteiger partial charge >= 0.3 is 0 Å². The molecule has 1 fully saturated rings. The second-order valence-corrected chi connectivity index (χ2v) is 8.94. The predicted octanol–water partition coefficient (Wildman–Crippen LogP) is 6.31. The van der Waals surface area contributed by atoms with Gasteiger partial charge in [0, 0.05) is 36.1 Å². The topological polar surface area (TPSA) is 56.8 Å². The third-order valence-electron chi connectivity index (χ3n) is 6.46. The van der Waals surface area contributed by atoms with E-state index in [1.165, 1.54) is 5.57 Å². The first-order valence-corrected chi connectivity index (χ1v) is 12.4. The smallest absolute Gasteiger partial charge is 0.113 e. The highest BCUT2D eigenvalue weighted by Gasteiger charge is 2.19. The molecule has 1 aliphatic carbocycles. The van der Waals surface area contributed by atoms with Crippen LogP contribution < -0.4 is 5.32 Å². The molecular weight excluding hydrogens is 442 g/mol. The van der Waals surface area contributed by atoms with Crippen LogP contribution in [0.25, 0.3) is 17.0 Å².